The highest BCUT2D eigenvalue weighted by atomic mass is 16.5. The highest BCUT2D eigenvalue weighted by Gasteiger charge is 2.27. The second-order valence-electron chi connectivity index (χ2n) is 4.73. The van der Waals surface area contributed by atoms with Gasteiger partial charge in [-0.1, -0.05) is 0 Å². The maximum absolute atomic E-state index is 11.8. The van der Waals surface area contributed by atoms with Crippen LogP contribution in [-0.2, 0) is 14.3 Å². The number of nitrogens with one attached hydrogen (secondary N) is 1. The molecule has 5 heteroatoms. The van der Waals surface area contributed by atoms with Gasteiger partial charge in [-0.2, -0.15) is 0 Å². The lowest BCUT2D eigenvalue weighted by atomic mass is 10.1. The topological polar surface area (TPSA) is 58.6 Å². The number of ether oxygens (including phenoxy) is 1. The second kappa shape index (κ2) is 6.59. The molecule has 0 spiro atoms. The molecule has 1 heterocycles. The summed E-state index contributed by atoms with van der Waals surface area (Å²) in [7, 11) is 1.64. The van der Waals surface area contributed by atoms with E-state index in [9.17, 15) is 9.59 Å². The lowest BCUT2D eigenvalue weighted by Crippen LogP contribution is -2.33. The largest absolute Gasteiger partial charge is 0.369 e. The van der Waals surface area contributed by atoms with Gasteiger partial charge in [0.25, 0.3) is 0 Å². The molecule has 98 valence electrons. The molecule has 0 unspecified atom stereocenters. The predicted octanol–water partition coefficient (Wildman–Crippen LogP) is 0.396. The molecular weight excluding hydrogens is 220 g/mol. The molecule has 1 fully saturated rings. The molecule has 1 N–H and O–H groups in total. The summed E-state index contributed by atoms with van der Waals surface area (Å²) in [6, 6.07) is 0. The Hall–Kier alpha value is -1.10. The third-order valence-electron chi connectivity index (χ3n) is 2.93. The highest BCUT2D eigenvalue weighted by molar-refractivity contribution is 5.78. The number of hydrogen-bond donors (Lipinski definition) is 1. The van der Waals surface area contributed by atoms with E-state index in [-0.39, 0.29) is 30.4 Å². The summed E-state index contributed by atoms with van der Waals surface area (Å²) in [5, 5.41) is 2.61. The van der Waals surface area contributed by atoms with Crippen molar-refractivity contribution >= 4 is 11.8 Å². The van der Waals surface area contributed by atoms with Gasteiger partial charge >= 0.3 is 0 Å². The normalized spacial score (nSPS) is 19.8. The zero-order valence-corrected chi connectivity index (χ0v) is 10.9. The van der Waals surface area contributed by atoms with Gasteiger partial charge in [-0.05, 0) is 26.2 Å². The molecule has 0 radical (unpaired) electrons. The molecule has 0 aliphatic carbocycles. The molecule has 1 saturated heterocycles. The van der Waals surface area contributed by atoms with Crippen molar-refractivity contribution in [2.45, 2.75) is 32.8 Å². The number of amides is 2. The van der Waals surface area contributed by atoms with Crippen molar-refractivity contribution in [3.8, 4) is 0 Å². The van der Waals surface area contributed by atoms with Crippen LogP contribution in [0.3, 0.4) is 0 Å². The van der Waals surface area contributed by atoms with E-state index in [4.69, 9.17) is 4.74 Å². The summed E-state index contributed by atoms with van der Waals surface area (Å²) in [5.41, 5.74) is 0. The van der Waals surface area contributed by atoms with Crippen molar-refractivity contribution in [3.63, 3.8) is 0 Å². The molecule has 17 heavy (non-hydrogen) atoms. The molecule has 0 saturated carbocycles. The van der Waals surface area contributed by atoms with Crippen LogP contribution in [0.2, 0.25) is 0 Å². The first-order valence-electron chi connectivity index (χ1n) is 6.13. The number of carbonyl (C=O) groups excluding carboxylic acids is 2. The van der Waals surface area contributed by atoms with Crippen LogP contribution >= 0.6 is 0 Å². The van der Waals surface area contributed by atoms with Gasteiger partial charge in [0, 0.05) is 26.6 Å². The lowest BCUT2D eigenvalue weighted by molar-refractivity contribution is -0.136. The standard InChI is InChI=1S/C12H22N2O3/c1-9(2)17-8-12(16)14-5-4-10(7-14)6-11(15)13-3/h9-10H,4-8H2,1-3H3,(H,13,15)/t10-/m1/s1. The van der Waals surface area contributed by atoms with E-state index in [0.29, 0.717) is 13.0 Å². The zero-order chi connectivity index (χ0) is 12.8. The molecular formula is C12H22N2O3. The number of likely N-dealkylation sites (tertiary alicyclic amines) is 1. The maximum atomic E-state index is 11.8. The summed E-state index contributed by atoms with van der Waals surface area (Å²) in [5.74, 6) is 0.360. The molecule has 1 atom stereocenters. The minimum atomic E-state index is 0.0260. The monoisotopic (exact) mass is 242 g/mol. The van der Waals surface area contributed by atoms with Crippen LogP contribution in [0.25, 0.3) is 0 Å². The Kier molecular flexibility index (Phi) is 5.41. The van der Waals surface area contributed by atoms with E-state index in [0.717, 1.165) is 13.0 Å². The first-order valence-corrected chi connectivity index (χ1v) is 6.13. The first kappa shape index (κ1) is 14.0. The van der Waals surface area contributed by atoms with Crippen LogP contribution in [0.4, 0.5) is 0 Å². The summed E-state index contributed by atoms with van der Waals surface area (Å²) >= 11 is 0. The van der Waals surface area contributed by atoms with Crippen molar-refractivity contribution in [1.82, 2.24) is 10.2 Å². The Labute approximate surface area is 102 Å². The SMILES string of the molecule is CNC(=O)C[C@H]1CCN(C(=O)COC(C)C)C1. The van der Waals surface area contributed by atoms with E-state index >= 15 is 0 Å². The predicted molar refractivity (Wildman–Crippen MR) is 64.5 cm³/mol. The van der Waals surface area contributed by atoms with Gasteiger partial charge in [-0.25, -0.2) is 0 Å². The Balaban J connectivity index is 2.29. The van der Waals surface area contributed by atoms with Gasteiger partial charge in [0.2, 0.25) is 11.8 Å². The Morgan fingerprint density at radius 1 is 1.47 bits per heavy atom. The Bertz CT molecular complexity index is 279. The number of rotatable bonds is 5. The fraction of sp³-hybridized carbons (Fsp3) is 0.833. The number of hydrogen-bond acceptors (Lipinski definition) is 3. The molecule has 1 rings (SSSR count). The molecule has 5 nitrogen and oxygen atoms in total. The van der Waals surface area contributed by atoms with E-state index < -0.39 is 0 Å². The minimum Gasteiger partial charge on any atom is -0.369 e. The average molecular weight is 242 g/mol. The molecule has 0 aromatic rings. The molecule has 1 aliphatic heterocycles. The fourth-order valence-electron chi connectivity index (χ4n) is 1.92. The summed E-state index contributed by atoms with van der Waals surface area (Å²) < 4.78 is 5.28. The van der Waals surface area contributed by atoms with Gasteiger partial charge in [0.1, 0.15) is 6.61 Å². The van der Waals surface area contributed by atoms with E-state index in [1.165, 1.54) is 0 Å². The average Bonchev–Trinajstić information content (AvgIpc) is 2.74. The number of nitrogens with zero attached hydrogens (tertiary/aromatic N) is 1. The highest BCUT2D eigenvalue weighted by Crippen LogP contribution is 2.19. The van der Waals surface area contributed by atoms with Gasteiger partial charge in [0.15, 0.2) is 0 Å². The molecule has 0 aromatic carbocycles. The van der Waals surface area contributed by atoms with Crippen LogP contribution < -0.4 is 5.32 Å². The van der Waals surface area contributed by atoms with Crippen molar-refractivity contribution in [2.75, 3.05) is 26.7 Å². The van der Waals surface area contributed by atoms with E-state index in [1.807, 2.05) is 13.8 Å². The van der Waals surface area contributed by atoms with Crippen LogP contribution in [0.15, 0.2) is 0 Å². The quantitative estimate of drug-likeness (QED) is 0.759. The van der Waals surface area contributed by atoms with Crippen molar-refractivity contribution in [2.24, 2.45) is 5.92 Å². The van der Waals surface area contributed by atoms with Gasteiger partial charge in [-0.3, -0.25) is 9.59 Å². The zero-order valence-electron chi connectivity index (χ0n) is 10.9. The molecule has 2 amide bonds. The van der Waals surface area contributed by atoms with Crippen molar-refractivity contribution in [1.29, 1.82) is 0 Å². The molecule has 0 bridgehead atoms. The van der Waals surface area contributed by atoms with Crippen molar-refractivity contribution in [3.05, 3.63) is 0 Å². The van der Waals surface area contributed by atoms with Crippen LogP contribution in [-0.4, -0.2) is 49.6 Å². The van der Waals surface area contributed by atoms with Crippen LogP contribution in [0, 0.1) is 5.92 Å². The van der Waals surface area contributed by atoms with Gasteiger partial charge < -0.3 is 15.0 Å². The van der Waals surface area contributed by atoms with Crippen molar-refractivity contribution < 1.29 is 14.3 Å². The minimum absolute atomic E-state index is 0.0260. The van der Waals surface area contributed by atoms with Gasteiger partial charge in [0.05, 0.1) is 6.10 Å². The molecule has 0 aromatic heterocycles. The number of carbonyl (C=O) groups is 2. The maximum Gasteiger partial charge on any atom is 0.248 e. The first-order chi connectivity index (χ1) is 8.02. The van der Waals surface area contributed by atoms with E-state index in [2.05, 4.69) is 5.32 Å². The smallest absolute Gasteiger partial charge is 0.248 e. The van der Waals surface area contributed by atoms with Gasteiger partial charge in [-0.15, -0.1) is 0 Å². The fourth-order valence-corrected chi connectivity index (χ4v) is 1.92. The van der Waals surface area contributed by atoms with E-state index in [1.54, 1.807) is 11.9 Å². The summed E-state index contributed by atoms with van der Waals surface area (Å²) in [4.78, 5) is 24.8. The van der Waals surface area contributed by atoms with Crippen LogP contribution in [0.5, 0.6) is 0 Å². The summed E-state index contributed by atoms with van der Waals surface area (Å²) in [6.07, 6.45) is 1.48. The van der Waals surface area contributed by atoms with Crippen LogP contribution in [0.1, 0.15) is 26.7 Å². The Morgan fingerprint density at radius 2 is 2.18 bits per heavy atom. The lowest BCUT2D eigenvalue weighted by Gasteiger charge is -2.17. The third kappa shape index (κ3) is 4.73. The third-order valence-corrected chi connectivity index (χ3v) is 2.93. The summed E-state index contributed by atoms with van der Waals surface area (Å²) in [6.45, 7) is 5.37. The second-order valence-corrected chi connectivity index (χ2v) is 4.73. The molecule has 1 aliphatic rings. The Morgan fingerprint density at radius 3 is 2.76 bits per heavy atom.